The second-order valence-corrected chi connectivity index (χ2v) is 7.53. The molecule has 0 radical (unpaired) electrons. The Balaban J connectivity index is 1.69. The highest BCUT2D eigenvalue weighted by atomic mass is 32.1. The van der Waals surface area contributed by atoms with Crippen LogP contribution in [0, 0.1) is 17.1 Å². The van der Waals surface area contributed by atoms with Crippen LogP contribution in [-0.4, -0.2) is 18.0 Å². The van der Waals surface area contributed by atoms with Crippen LogP contribution in [0.1, 0.15) is 52.5 Å². The molecule has 1 aliphatic rings. The molecule has 140 valence electrons. The Morgan fingerprint density at radius 1 is 1.22 bits per heavy atom. The number of fused-ring (bicyclic) bond motifs is 1. The van der Waals surface area contributed by atoms with Gasteiger partial charge in [0.1, 0.15) is 16.9 Å². The van der Waals surface area contributed by atoms with Gasteiger partial charge in [0, 0.05) is 4.88 Å². The third-order valence-corrected chi connectivity index (χ3v) is 5.71. The van der Waals surface area contributed by atoms with Gasteiger partial charge in [-0.1, -0.05) is 6.42 Å². The maximum atomic E-state index is 12.9. The molecule has 0 aliphatic heterocycles. The summed E-state index contributed by atoms with van der Waals surface area (Å²) in [6, 6.07) is 7.10. The number of carbonyl (C=O) groups is 2. The fourth-order valence-electron chi connectivity index (χ4n) is 3.03. The predicted molar refractivity (Wildman–Crippen MR) is 100 cm³/mol. The second kappa shape index (κ2) is 8.31. The molecule has 1 aliphatic carbocycles. The number of halogens is 1. The first kappa shape index (κ1) is 19.1. The largest absolute Gasteiger partial charge is 0.449 e. The summed E-state index contributed by atoms with van der Waals surface area (Å²) in [6.07, 6.45) is 3.98. The molecule has 5 nitrogen and oxygen atoms in total. The normalized spacial score (nSPS) is 14.4. The zero-order valence-corrected chi connectivity index (χ0v) is 15.7. The number of thiophene rings is 1. The average Bonchev–Trinajstić information content (AvgIpc) is 2.81. The van der Waals surface area contributed by atoms with Crippen molar-refractivity contribution in [2.75, 3.05) is 5.32 Å². The first-order valence-corrected chi connectivity index (χ1v) is 9.63. The van der Waals surface area contributed by atoms with Crippen molar-refractivity contribution in [2.24, 2.45) is 0 Å². The van der Waals surface area contributed by atoms with Gasteiger partial charge in [-0.05, 0) is 62.4 Å². The molecule has 1 aromatic carbocycles. The number of amides is 1. The van der Waals surface area contributed by atoms with Gasteiger partial charge in [-0.15, -0.1) is 11.3 Å². The average molecular weight is 386 g/mol. The van der Waals surface area contributed by atoms with Gasteiger partial charge in [0.25, 0.3) is 5.91 Å². The number of hydrogen-bond donors (Lipinski definition) is 1. The van der Waals surface area contributed by atoms with Gasteiger partial charge in [-0.2, -0.15) is 5.26 Å². The fourth-order valence-corrected chi connectivity index (χ4v) is 4.27. The summed E-state index contributed by atoms with van der Waals surface area (Å²) in [5.41, 5.74) is 1.71. The molecule has 1 aromatic heterocycles. The van der Waals surface area contributed by atoms with Crippen LogP contribution < -0.4 is 5.32 Å². The van der Waals surface area contributed by atoms with Crippen molar-refractivity contribution in [1.29, 1.82) is 5.26 Å². The molecular weight excluding hydrogens is 367 g/mol. The first-order valence-electron chi connectivity index (χ1n) is 8.81. The van der Waals surface area contributed by atoms with Crippen molar-refractivity contribution in [3.05, 3.63) is 51.7 Å². The lowest BCUT2D eigenvalue weighted by Crippen LogP contribution is -2.30. The molecule has 3 rings (SSSR count). The van der Waals surface area contributed by atoms with E-state index in [0.717, 1.165) is 54.7 Å². The molecule has 0 spiro atoms. The SMILES string of the molecule is CC(OC(=O)c1ccc(F)cc1)C(=O)Nc1sc2c(c1C#N)CCCCC2. The van der Waals surface area contributed by atoms with Gasteiger partial charge < -0.3 is 10.1 Å². The summed E-state index contributed by atoms with van der Waals surface area (Å²) in [7, 11) is 0. The molecule has 1 atom stereocenters. The van der Waals surface area contributed by atoms with Crippen LogP contribution in [-0.2, 0) is 22.4 Å². The van der Waals surface area contributed by atoms with Crippen LogP contribution in [0.15, 0.2) is 24.3 Å². The Morgan fingerprint density at radius 3 is 2.63 bits per heavy atom. The molecule has 2 aromatic rings. The summed E-state index contributed by atoms with van der Waals surface area (Å²) >= 11 is 1.43. The maximum Gasteiger partial charge on any atom is 0.338 e. The summed E-state index contributed by atoms with van der Waals surface area (Å²) in [6.45, 7) is 1.46. The smallest absolute Gasteiger partial charge is 0.338 e. The molecule has 27 heavy (non-hydrogen) atoms. The second-order valence-electron chi connectivity index (χ2n) is 6.42. The van der Waals surface area contributed by atoms with E-state index in [-0.39, 0.29) is 5.56 Å². The Kier molecular flexibility index (Phi) is 5.87. The summed E-state index contributed by atoms with van der Waals surface area (Å²) in [4.78, 5) is 25.6. The monoisotopic (exact) mass is 386 g/mol. The molecule has 0 bridgehead atoms. The third kappa shape index (κ3) is 4.34. The number of hydrogen-bond acceptors (Lipinski definition) is 5. The van der Waals surface area contributed by atoms with E-state index in [0.29, 0.717) is 10.6 Å². The Bertz CT molecular complexity index is 899. The number of nitrogens with one attached hydrogen (secondary N) is 1. The fraction of sp³-hybridized carbons (Fsp3) is 0.350. The molecule has 1 N–H and O–H groups in total. The van der Waals surface area contributed by atoms with E-state index < -0.39 is 23.8 Å². The number of nitrogens with zero attached hydrogens (tertiary/aromatic N) is 1. The minimum absolute atomic E-state index is 0.164. The topological polar surface area (TPSA) is 79.2 Å². The zero-order chi connectivity index (χ0) is 19.4. The van der Waals surface area contributed by atoms with E-state index in [2.05, 4.69) is 11.4 Å². The highest BCUT2D eigenvalue weighted by Gasteiger charge is 2.24. The van der Waals surface area contributed by atoms with Gasteiger partial charge in [-0.3, -0.25) is 4.79 Å². The van der Waals surface area contributed by atoms with Crippen LogP contribution in [0.25, 0.3) is 0 Å². The highest BCUT2D eigenvalue weighted by molar-refractivity contribution is 7.16. The molecule has 1 unspecified atom stereocenters. The number of benzene rings is 1. The third-order valence-electron chi connectivity index (χ3n) is 4.50. The molecule has 0 saturated heterocycles. The lowest BCUT2D eigenvalue weighted by molar-refractivity contribution is -0.123. The minimum Gasteiger partial charge on any atom is -0.449 e. The summed E-state index contributed by atoms with van der Waals surface area (Å²) in [5.74, 6) is -1.67. The number of carbonyl (C=O) groups excluding carboxylic acids is 2. The van der Waals surface area contributed by atoms with Gasteiger partial charge in [-0.25, -0.2) is 9.18 Å². The van der Waals surface area contributed by atoms with Crippen LogP contribution in [0.3, 0.4) is 0 Å². The van der Waals surface area contributed by atoms with Gasteiger partial charge in [0.2, 0.25) is 0 Å². The van der Waals surface area contributed by atoms with E-state index >= 15 is 0 Å². The van der Waals surface area contributed by atoms with Crippen molar-refractivity contribution in [1.82, 2.24) is 0 Å². The lowest BCUT2D eigenvalue weighted by Gasteiger charge is -2.13. The highest BCUT2D eigenvalue weighted by Crippen LogP contribution is 2.37. The molecule has 1 heterocycles. The van der Waals surface area contributed by atoms with Crippen LogP contribution in [0.2, 0.25) is 0 Å². The van der Waals surface area contributed by atoms with E-state index in [4.69, 9.17) is 4.74 Å². The predicted octanol–water partition coefficient (Wildman–Crippen LogP) is 4.21. The molecule has 7 heteroatoms. The number of aryl methyl sites for hydroxylation is 1. The summed E-state index contributed by atoms with van der Waals surface area (Å²) < 4.78 is 18.1. The van der Waals surface area contributed by atoms with Crippen molar-refractivity contribution in [3.63, 3.8) is 0 Å². The van der Waals surface area contributed by atoms with Crippen LogP contribution >= 0.6 is 11.3 Å². The summed E-state index contributed by atoms with van der Waals surface area (Å²) in [5, 5.41) is 12.8. The Labute approximate surface area is 160 Å². The quantitative estimate of drug-likeness (QED) is 0.630. The number of nitriles is 1. The van der Waals surface area contributed by atoms with Gasteiger partial charge >= 0.3 is 5.97 Å². The van der Waals surface area contributed by atoms with E-state index in [1.165, 1.54) is 30.4 Å². The Hall–Kier alpha value is -2.72. The molecule has 1 amide bonds. The van der Waals surface area contributed by atoms with Gasteiger partial charge in [0.05, 0.1) is 11.1 Å². The number of esters is 1. The van der Waals surface area contributed by atoms with E-state index in [1.807, 2.05) is 0 Å². The lowest BCUT2D eigenvalue weighted by atomic mass is 10.1. The first-order chi connectivity index (χ1) is 13.0. The van der Waals surface area contributed by atoms with Crippen molar-refractivity contribution in [2.45, 2.75) is 45.1 Å². The minimum atomic E-state index is -1.05. The van der Waals surface area contributed by atoms with E-state index in [9.17, 15) is 19.2 Å². The number of ether oxygens (including phenoxy) is 1. The van der Waals surface area contributed by atoms with E-state index in [1.54, 1.807) is 0 Å². The van der Waals surface area contributed by atoms with Gasteiger partial charge in [0.15, 0.2) is 6.10 Å². The van der Waals surface area contributed by atoms with Crippen molar-refractivity contribution >= 4 is 28.2 Å². The Morgan fingerprint density at radius 2 is 1.93 bits per heavy atom. The molecule has 0 saturated carbocycles. The number of rotatable bonds is 4. The standard InChI is InChI=1S/C20H19FN2O3S/c1-12(26-20(25)13-7-9-14(21)10-8-13)18(24)23-19-16(11-22)15-5-3-2-4-6-17(15)27-19/h7-10,12H,2-6H2,1H3,(H,23,24). The molecule has 0 fully saturated rings. The van der Waals surface area contributed by atoms with Crippen molar-refractivity contribution < 1.29 is 18.7 Å². The molecular formula is C20H19FN2O3S. The van der Waals surface area contributed by atoms with Crippen LogP contribution in [0.5, 0.6) is 0 Å². The maximum absolute atomic E-state index is 12.9. The van der Waals surface area contributed by atoms with Crippen LogP contribution in [0.4, 0.5) is 9.39 Å². The van der Waals surface area contributed by atoms with Crippen molar-refractivity contribution in [3.8, 4) is 6.07 Å². The number of anilines is 1. The zero-order valence-electron chi connectivity index (χ0n) is 14.9.